The molecule has 3 aromatic rings. The number of carbonyl (C=O) groups is 1. The molecule has 0 fully saturated rings. The Morgan fingerprint density at radius 2 is 1.93 bits per heavy atom. The summed E-state index contributed by atoms with van der Waals surface area (Å²) in [5.74, 6) is 0.470. The summed E-state index contributed by atoms with van der Waals surface area (Å²) in [5, 5.41) is 2.80. The Kier molecular flexibility index (Phi) is 6.38. The first kappa shape index (κ1) is 20.0. The molecule has 0 unspecified atom stereocenters. The van der Waals surface area contributed by atoms with Crippen LogP contribution in [0.4, 0.5) is 5.69 Å². The molecule has 0 aliphatic carbocycles. The normalized spacial score (nSPS) is 10.5. The molecule has 0 aliphatic rings. The highest BCUT2D eigenvalue weighted by Crippen LogP contribution is 2.23. The van der Waals surface area contributed by atoms with Gasteiger partial charge in [0.25, 0.3) is 5.56 Å². The van der Waals surface area contributed by atoms with Crippen molar-refractivity contribution in [2.75, 3.05) is 12.4 Å². The van der Waals surface area contributed by atoms with Crippen LogP contribution in [0.3, 0.4) is 0 Å². The number of ether oxygens (including phenoxy) is 1. The minimum atomic E-state index is -0.200. The largest absolute Gasteiger partial charge is 0.497 e. The zero-order valence-electron chi connectivity index (χ0n) is 15.6. The number of aromatic nitrogens is 1. The molecule has 1 aromatic heterocycles. The van der Waals surface area contributed by atoms with E-state index < -0.39 is 0 Å². The van der Waals surface area contributed by atoms with E-state index >= 15 is 0 Å². The number of rotatable bonds is 6. The summed E-state index contributed by atoms with van der Waals surface area (Å²) in [5.41, 5.74) is 2.56. The van der Waals surface area contributed by atoms with Crippen molar-refractivity contribution in [2.45, 2.75) is 19.9 Å². The van der Waals surface area contributed by atoms with Crippen molar-refractivity contribution in [3.05, 3.63) is 74.5 Å². The summed E-state index contributed by atoms with van der Waals surface area (Å²) in [6.07, 6.45) is 0.150. The minimum absolute atomic E-state index is 0.150. The highest BCUT2D eigenvalue weighted by Gasteiger charge is 2.08. The zero-order chi connectivity index (χ0) is 20.1. The van der Waals surface area contributed by atoms with Gasteiger partial charge in [-0.1, -0.05) is 35.9 Å². The van der Waals surface area contributed by atoms with Crippen molar-refractivity contribution in [2.24, 2.45) is 0 Å². The van der Waals surface area contributed by atoms with Crippen LogP contribution in [-0.4, -0.2) is 17.6 Å². The fraction of sp³-hybridized carbons (Fsp3) is 0.190. The van der Waals surface area contributed by atoms with Gasteiger partial charge in [0.15, 0.2) is 3.95 Å². The maximum atomic E-state index is 12.5. The molecule has 7 heteroatoms. The van der Waals surface area contributed by atoms with E-state index in [1.165, 1.54) is 15.9 Å². The molecule has 1 N–H and O–H groups in total. The van der Waals surface area contributed by atoms with E-state index in [1.807, 2.05) is 31.2 Å². The molecule has 0 spiro atoms. The van der Waals surface area contributed by atoms with E-state index in [1.54, 1.807) is 37.4 Å². The van der Waals surface area contributed by atoms with Gasteiger partial charge in [0.1, 0.15) is 5.75 Å². The lowest BCUT2D eigenvalue weighted by atomic mass is 10.1. The molecule has 0 saturated carbocycles. The number of hydrogen-bond acceptors (Lipinski definition) is 5. The van der Waals surface area contributed by atoms with Gasteiger partial charge in [-0.2, -0.15) is 0 Å². The van der Waals surface area contributed by atoms with Crippen LogP contribution in [0.5, 0.6) is 5.75 Å². The van der Waals surface area contributed by atoms with Crippen LogP contribution in [0.15, 0.2) is 59.4 Å². The maximum absolute atomic E-state index is 12.5. The Balaban J connectivity index is 1.70. The van der Waals surface area contributed by atoms with Crippen molar-refractivity contribution in [1.82, 2.24) is 4.57 Å². The van der Waals surface area contributed by atoms with E-state index in [-0.39, 0.29) is 24.4 Å². The second-order valence-electron chi connectivity index (χ2n) is 6.26. The molecule has 1 heterocycles. The van der Waals surface area contributed by atoms with Gasteiger partial charge in [0.2, 0.25) is 5.91 Å². The smallest absolute Gasteiger partial charge is 0.253 e. The summed E-state index contributed by atoms with van der Waals surface area (Å²) in [6, 6.07) is 16.6. The maximum Gasteiger partial charge on any atom is 0.253 e. The third-order valence-electron chi connectivity index (χ3n) is 4.19. The van der Waals surface area contributed by atoms with Crippen molar-refractivity contribution in [1.29, 1.82) is 0 Å². The monoisotopic (exact) mass is 412 g/mol. The summed E-state index contributed by atoms with van der Waals surface area (Å²) in [6.45, 7) is 2.25. The average Bonchev–Trinajstić information content (AvgIpc) is 2.68. The molecule has 0 bridgehead atoms. The Labute approximate surface area is 172 Å². The van der Waals surface area contributed by atoms with Gasteiger partial charge in [-0.15, -0.1) is 11.3 Å². The fourth-order valence-electron chi connectivity index (χ4n) is 2.66. The highest BCUT2D eigenvalue weighted by atomic mass is 32.1. The Morgan fingerprint density at radius 3 is 2.61 bits per heavy atom. The van der Waals surface area contributed by atoms with Crippen molar-refractivity contribution >= 4 is 35.1 Å². The molecule has 3 rings (SSSR count). The van der Waals surface area contributed by atoms with Crippen LogP contribution in [0.1, 0.15) is 12.0 Å². The average molecular weight is 413 g/mol. The number of anilines is 1. The molecule has 0 saturated heterocycles. The Morgan fingerprint density at radius 1 is 1.18 bits per heavy atom. The third kappa shape index (κ3) is 4.94. The second kappa shape index (κ2) is 8.95. The van der Waals surface area contributed by atoms with Crippen LogP contribution < -0.4 is 15.6 Å². The number of aryl methyl sites for hydroxylation is 1. The molecule has 1 amide bonds. The molecule has 28 heavy (non-hydrogen) atoms. The van der Waals surface area contributed by atoms with E-state index in [2.05, 4.69) is 5.32 Å². The summed E-state index contributed by atoms with van der Waals surface area (Å²) < 4.78 is 7.06. The molecule has 5 nitrogen and oxygen atoms in total. The lowest BCUT2D eigenvalue weighted by Gasteiger charge is -2.09. The quantitative estimate of drug-likeness (QED) is 0.599. The highest BCUT2D eigenvalue weighted by molar-refractivity contribution is 7.73. The molecule has 0 radical (unpaired) electrons. The van der Waals surface area contributed by atoms with Gasteiger partial charge in [0, 0.05) is 35.7 Å². The number of hydrogen-bond donors (Lipinski definition) is 1. The van der Waals surface area contributed by atoms with E-state index in [0.29, 0.717) is 15.4 Å². The first-order chi connectivity index (χ1) is 13.5. The summed E-state index contributed by atoms with van der Waals surface area (Å²) in [7, 11) is 1.57. The van der Waals surface area contributed by atoms with Crippen molar-refractivity contribution < 1.29 is 9.53 Å². The predicted molar refractivity (Wildman–Crippen MR) is 116 cm³/mol. The number of nitrogens with zero attached hydrogens (tertiary/aromatic N) is 1. The predicted octanol–water partition coefficient (Wildman–Crippen LogP) is 4.65. The van der Waals surface area contributed by atoms with Gasteiger partial charge in [-0.3, -0.25) is 14.2 Å². The Bertz CT molecular complexity index is 1070. The van der Waals surface area contributed by atoms with Crippen LogP contribution in [0.25, 0.3) is 10.4 Å². The second-order valence-corrected chi connectivity index (χ2v) is 7.94. The standard InChI is InChI=1S/C21H20N2O3S2/c1-14-6-8-15(9-7-14)18-13-20(25)23(21(27)28-18)11-10-19(24)22-16-4-3-5-17(12-16)26-2/h3-9,12-13H,10-11H2,1-2H3,(H,22,24). The topological polar surface area (TPSA) is 60.3 Å². The van der Waals surface area contributed by atoms with E-state index in [9.17, 15) is 9.59 Å². The lowest BCUT2D eigenvalue weighted by molar-refractivity contribution is -0.116. The van der Waals surface area contributed by atoms with Crippen LogP contribution >= 0.6 is 23.6 Å². The number of amides is 1. The molecule has 0 atom stereocenters. The molecule has 0 aliphatic heterocycles. The van der Waals surface area contributed by atoms with Gasteiger partial charge in [0.05, 0.1) is 7.11 Å². The van der Waals surface area contributed by atoms with Gasteiger partial charge in [-0.25, -0.2) is 0 Å². The number of benzene rings is 2. The summed E-state index contributed by atoms with van der Waals surface area (Å²) in [4.78, 5) is 25.6. The van der Waals surface area contributed by atoms with Crippen LogP contribution in [-0.2, 0) is 11.3 Å². The molecular weight excluding hydrogens is 392 g/mol. The van der Waals surface area contributed by atoms with Crippen molar-refractivity contribution in [3.8, 4) is 16.2 Å². The molecular formula is C21H20N2O3S2. The number of methoxy groups -OCH3 is 1. The van der Waals surface area contributed by atoms with E-state index in [0.717, 1.165) is 16.0 Å². The molecule has 144 valence electrons. The lowest BCUT2D eigenvalue weighted by Crippen LogP contribution is -2.22. The van der Waals surface area contributed by atoms with Gasteiger partial charge >= 0.3 is 0 Å². The number of nitrogens with one attached hydrogen (secondary N) is 1. The SMILES string of the molecule is COc1cccc(NC(=O)CCn2c(=O)cc(-c3ccc(C)cc3)sc2=S)c1. The number of carbonyl (C=O) groups excluding carboxylic acids is 1. The van der Waals surface area contributed by atoms with Gasteiger partial charge < -0.3 is 10.1 Å². The van der Waals surface area contributed by atoms with E-state index in [4.69, 9.17) is 17.0 Å². The van der Waals surface area contributed by atoms with Crippen LogP contribution in [0.2, 0.25) is 0 Å². The first-order valence-corrected chi connectivity index (χ1v) is 9.94. The van der Waals surface area contributed by atoms with Crippen molar-refractivity contribution in [3.63, 3.8) is 0 Å². The minimum Gasteiger partial charge on any atom is -0.497 e. The first-order valence-electron chi connectivity index (χ1n) is 8.72. The Hall–Kier alpha value is -2.77. The summed E-state index contributed by atoms with van der Waals surface area (Å²) >= 11 is 6.77. The third-order valence-corrected chi connectivity index (χ3v) is 5.63. The van der Waals surface area contributed by atoms with Gasteiger partial charge in [-0.05, 0) is 36.8 Å². The zero-order valence-corrected chi connectivity index (χ0v) is 17.2. The fourth-order valence-corrected chi connectivity index (χ4v) is 4.00. The van der Waals surface area contributed by atoms with Crippen LogP contribution in [0, 0.1) is 10.9 Å². The molecule has 2 aromatic carbocycles.